The van der Waals surface area contributed by atoms with E-state index in [4.69, 9.17) is 10.2 Å². The normalized spacial score (nSPS) is 15.3. The number of hydrogen-bond donors (Lipinski definition) is 2. The van der Waals surface area contributed by atoms with E-state index < -0.39 is 37.8 Å². The molecule has 2 unspecified atom stereocenters. The fraction of sp³-hybridized carbons (Fsp3) is 0.500. The van der Waals surface area contributed by atoms with Crippen LogP contribution in [0.15, 0.2) is 24.3 Å². The lowest BCUT2D eigenvalue weighted by Crippen LogP contribution is -2.34. The van der Waals surface area contributed by atoms with Crippen molar-refractivity contribution in [2.24, 2.45) is 0 Å². The van der Waals surface area contributed by atoms with Crippen LogP contribution >= 0.6 is 0 Å². The average molecular weight is 334 g/mol. The van der Waals surface area contributed by atoms with Crippen LogP contribution in [0.2, 0.25) is 0 Å². The van der Waals surface area contributed by atoms with Crippen molar-refractivity contribution in [2.45, 2.75) is 24.6 Å². The molecule has 0 aliphatic carbocycles. The summed E-state index contributed by atoms with van der Waals surface area (Å²) in [5, 5.41) is 17.4. The number of halogens is 6. The van der Waals surface area contributed by atoms with Crippen molar-refractivity contribution in [1.82, 2.24) is 0 Å². The molecule has 0 saturated heterocycles. The first kappa shape index (κ1) is 18.4. The highest BCUT2D eigenvalue weighted by atomic mass is 19.4. The fourth-order valence-corrected chi connectivity index (χ4v) is 1.17. The van der Waals surface area contributed by atoms with Crippen LogP contribution in [0.3, 0.4) is 0 Å². The van der Waals surface area contributed by atoms with Gasteiger partial charge in [0.1, 0.15) is 24.7 Å². The Kier molecular flexibility index (Phi) is 5.89. The summed E-state index contributed by atoms with van der Waals surface area (Å²) in [4.78, 5) is 0. The molecule has 126 valence electrons. The first-order valence-electron chi connectivity index (χ1n) is 5.85. The molecule has 1 aromatic carbocycles. The van der Waals surface area contributed by atoms with E-state index in [0.29, 0.717) is 0 Å². The molecule has 22 heavy (non-hydrogen) atoms. The molecule has 0 amide bonds. The van der Waals surface area contributed by atoms with Gasteiger partial charge in [0.2, 0.25) is 0 Å². The molecule has 0 aromatic heterocycles. The van der Waals surface area contributed by atoms with Crippen molar-refractivity contribution < 1.29 is 46.0 Å². The Morgan fingerprint density at radius 3 is 1.23 bits per heavy atom. The van der Waals surface area contributed by atoms with E-state index in [2.05, 4.69) is 9.47 Å². The summed E-state index contributed by atoms with van der Waals surface area (Å²) in [6.07, 6.45) is -14.9. The highest BCUT2D eigenvalue weighted by Gasteiger charge is 2.39. The lowest BCUT2D eigenvalue weighted by molar-refractivity contribution is -0.211. The molecule has 10 heteroatoms. The number of hydrogen-bond acceptors (Lipinski definition) is 4. The summed E-state index contributed by atoms with van der Waals surface area (Å²) in [5.41, 5.74) is 0. The van der Waals surface area contributed by atoms with Crippen molar-refractivity contribution in [3.63, 3.8) is 0 Å². The second-order valence-corrected chi connectivity index (χ2v) is 4.21. The van der Waals surface area contributed by atoms with Crippen molar-refractivity contribution in [1.29, 1.82) is 0 Å². The van der Waals surface area contributed by atoms with Gasteiger partial charge in [-0.2, -0.15) is 26.3 Å². The van der Waals surface area contributed by atoms with Crippen LogP contribution < -0.4 is 9.47 Å². The van der Waals surface area contributed by atoms with Gasteiger partial charge in [0.15, 0.2) is 12.2 Å². The SMILES string of the molecule is OC(COc1ccc(OCC(O)C(F)(F)F)cc1)C(F)(F)F. The molecule has 0 aliphatic rings. The molecule has 0 fully saturated rings. The van der Waals surface area contributed by atoms with Crippen LogP contribution in [0, 0.1) is 0 Å². The van der Waals surface area contributed by atoms with Gasteiger partial charge in [-0.3, -0.25) is 0 Å². The monoisotopic (exact) mass is 334 g/mol. The highest BCUT2D eigenvalue weighted by Crippen LogP contribution is 2.24. The van der Waals surface area contributed by atoms with E-state index in [-0.39, 0.29) is 11.5 Å². The smallest absolute Gasteiger partial charge is 0.417 e. The van der Waals surface area contributed by atoms with Gasteiger partial charge < -0.3 is 19.7 Å². The van der Waals surface area contributed by atoms with Gasteiger partial charge in [-0.15, -0.1) is 0 Å². The maximum absolute atomic E-state index is 12.0. The third-order valence-electron chi connectivity index (χ3n) is 2.40. The van der Waals surface area contributed by atoms with E-state index in [1.807, 2.05) is 0 Å². The third-order valence-corrected chi connectivity index (χ3v) is 2.40. The molecule has 2 N–H and O–H groups in total. The summed E-state index contributed by atoms with van der Waals surface area (Å²) in [6, 6.07) is 4.60. The molecule has 0 spiro atoms. The first-order valence-corrected chi connectivity index (χ1v) is 5.85. The second-order valence-electron chi connectivity index (χ2n) is 4.21. The van der Waals surface area contributed by atoms with E-state index in [0.717, 1.165) is 24.3 Å². The summed E-state index contributed by atoms with van der Waals surface area (Å²) >= 11 is 0. The largest absolute Gasteiger partial charge is 0.491 e. The molecule has 0 aliphatic heterocycles. The van der Waals surface area contributed by atoms with Gasteiger partial charge in [0, 0.05) is 0 Å². The van der Waals surface area contributed by atoms with Crippen molar-refractivity contribution in [2.75, 3.05) is 13.2 Å². The van der Waals surface area contributed by atoms with E-state index in [9.17, 15) is 26.3 Å². The van der Waals surface area contributed by atoms with E-state index >= 15 is 0 Å². The van der Waals surface area contributed by atoms with Gasteiger partial charge in [-0.25, -0.2) is 0 Å². The summed E-state index contributed by atoms with van der Waals surface area (Å²) < 4.78 is 81.5. The number of aliphatic hydroxyl groups excluding tert-OH is 2. The minimum atomic E-state index is -4.81. The van der Waals surface area contributed by atoms with Crippen LogP contribution in [0.4, 0.5) is 26.3 Å². The Bertz CT molecular complexity index is 413. The van der Waals surface area contributed by atoms with Crippen molar-refractivity contribution >= 4 is 0 Å². The van der Waals surface area contributed by atoms with Crippen LogP contribution in [0.1, 0.15) is 0 Å². The summed E-state index contributed by atoms with van der Waals surface area (Å²) in [7, 11) is 0. The lowest BCUT2D eigenvalue weighted by atomic mass is 10.3. The number of alkyl halides is 6. The van der Waals surface area contributed by atoms with Crippen molar-refractivity contribution in [3.8, 4) is 11.5 Å². The summed E-state index contributed by atoms with van der Waals surface area (Å²) in [6.45, 7) is -2.03. The molecule has 0 saturated carbocycles. The Morgan fingerprint density at radius 1 is 0.727 bits per heavy atom. The number of rotatable bonds is 6. The first-order chi connectivity index (χ1) is 10.00. The number of aliphatic hydroxyl groups is 2. The molecule has 2 atom stereocenters. The molecule has 1 aromatic rings. The minimum Gasteiger partial charge on any atom is -0.491 e. The Morgan fingerprint density at radius 2 is 1.00 bits per heavy atom. The third kappa shape index (κ3) is 5.98. The van der Waals surface area contributed by atoms with E-state index in [1.54, 1.807) is 0 Å². The second kappa shape index (κ2) is 7.05. The van der Waals surface area contributed by atoms with Gasteiger partial charge >= 0.3 is 12.4 Å². The van der Waals surface area contributed by atoms with Crippen molar-refractivity contribution in [3.05, 3.63) is 24.3 Å². The lowest BCUT2D eigenvalue weighted by Gasteiger charge is -2.16. The zero-order chi connectivity index (χ0) is 17.0. The predicted octanol–water partition coefficient (Wildman–Crippen LogP) is 2.29. The minimum absolute atomic E-state index is 0.0352. The Labute approximate surface area is 120 Å². The maximum atomic E-state index is 12.0. The zero-order valence-corrected chi connectivity index (χ0v) is 10.9. The van der Waals surface area contributed by atoms with Crippen LogP contribution in [0.25, 0.3) is 0 Å². The fourth-order valence-electron chi connectivity index (χ4n) is 1.17. The molecule has 0 bridgehead atoms. The van der Waals surface area contributed by atoms with Crippen LogP contribution in [0.5, 0.6) is 11.5 Å². The number of ether oxygens (including phenoxy) is 2. The zero-order valence-electron chi connectivity index (χ0n) is 10.9. The Balaban J connectivity index is 2.47. The maximum Gasteiger partial charge on any atom is 0.417 e. The predicted molar refractivity (Wildman–Crippen MR) is 61.6 cm³/mol. The van der Waals surface area contributed by atoms with Gasteiger partial charge in [-0.1, -0.05) is 0 Å². The summed E-state index contributed by atoms with van der Waals surface area (Å²) in [5.74, 6) is -0.0703. The highest BCUT2D eigenvalue weighted by molar-refractivity contribution is 5.31. The molecule has 0 heterocycles. The molecule has 4 nitrogen and oxygen atoms in total. The standard InChI is InChI=1S/C12H12F6O4/c13-11(14,15)9(19)5-21-7-1-2-8(4-3-7)22-6-10(20)12(16,17)18/h1-4,9-10,19-20H,5-6H2. The Hall–Kier alpha value is -1.68. The molecule has 0 radical (unpaired) electrons. The number of benzene rings is 1. The average Bonchev–Trinajstić information content (AvgIpc) is 2.41. The molecular formula is C12H12F6O4. The topological polar surface area (TPSA) is 58.9 Å². The van der Waals surface area contributed by atoms with Gasteiger partial charge in [0.05, 0.1) is 0 Å². The van der Waals surface area contributed by atoms with Crippen LogP contribution in [-0.4, -0.2) is 48.0 Å². The molecule has 1 rings (SSSR count). The van der Waals surface area contributed by atoms with Gasteiger partial charge in [-0.05, 0) is 24.3 Å². The van der Waals surface area contributed by atoms with Crippen LogP contribution in [-0.2, 0) is 0 Å². The van der Waals surface area contributed by atoms with Gasteiger partial charge in [0.25, 0.3) is 0 Å². The van der Waals surface area contributed by atoms with E-state index in [1.165, 1.54) is 0 Å². The quantitative estimate of drug-likeness (QED) is 0.784. The molecular weight excluding hydrogens is 322 g/mol.